The van der Waals surface area contributed by atoms with Gasteiger partial charge in [-0.15, -0.1) is 0 Å². The minimum atomic E-state index is 0.118. The van der Waals surface area contributed by atoms with Gasteiger partial charge < -0.3 is 11.1 Å². The molecule has 11 heavy (non-hydrogen) atoms. The SMILES string of the molecule is NC(=S)Nc1nccnc1Cl. The van der Waals surface area contributed by atoms with E-state index in [9.17, 15) is 0 Å². The summed E-state index contributed by atoms with van der Waals surface area (Å²) in [5.41, 5.74) is 5.19. The second-order valence-corrected chi connectivity index (χ2v) is 2.48. The van der Waals surface area contributed by atoms with E-state index in [1.54, 1.807) is 0 Å². The Morgan fingerprint density at radius 1 is 1.55 bits per heavy atom. The van der Waals surface area contributed by atoms with Gasteiger partial charge in [-0.05, 0) is 12.2 Å². The molecule has 0 aromatic carbocycles. The molecule has 0 saturated carbocycles. The molecule has 3 N–H and O–H groups in total. The van der Waals surface area contributed by atoms with Gasteiger partial charge in [0.05, 0.1) is 0 Å². The minimum absolute atomic E-state index is 0.118. The van der Waals surface area contributed by atoms with Crippen molar-refractivity contribution in [1.29, 1.82) is 0 Å². The molecular weight excluding hydrogens is 184 g/mol. The zero-order valence-corrected chi connectivity index (χ0v) is 6.99. The maximum atomic E-state index is 5.62. The van der Waals surface area contributed by atoms with Crippen LogP contribution in [-0.4, -0.2) is 15.1 Å². The third-order valence-corrected chi connectivity index (χ3v) is 1.27. The molecule has 0 aliphatic rings. The van der Waals surface area contributed by atoms with Crippen LogP contribution >= 0.6 is 23.8 Å². The summed E-state index contributed by atoms with van der Waals surface area (Å²) in [5.74, 6) is 0.377. The van der Waals surface area contributed by atoms with Crippen LogP contribution < -0.4 is 11.1 Å². The molecule has 0 amide bonds. The summed E-state index contributed by atoms with van der Waals surface area (Å²) in [6.07, 6.45) is 2.97. The van der Waals surface area contributed by atoms with Gasteiger partial charge in [-0.25, -0.2) is 9.97 Å². The highest BCUT2D eigenvalue weighted by molar-refractivity contribution is 7.80. The largest absolute Gasteiger partial charge is 0.376 e. The molecule has 6 heteroatoms. The van der Waals surface area contributed by atoms with E-state index >= 15 is 0 Å². The van der Waals surface area contributed by atoms with Crippen LogP contribution in [0.3, 0.4) is 0 Å². The number of nitrogens with two attached hydrogens (primary N) is 1. The number of rotatable bonds is 1. The van der Waals surface area contributed by atoms with Crippen LogP contribution in [0.4, 0.5) is 5.82 Å². The number of aromatic nitrogens is 2. The van der Waals surface area contributed by atoms with Crippen molar-refractivity contribution in [1.82, 2.24) is 9.97 Å². The first-order valence-electron chi connectivity index (χ1n) is 2.73. The topological polar surface area (TPSA) is 63.8 Å². The molecule has 0 fully saturated rings. The predicted octanol–water partition coefficient (Wildman–Crippen LogP) is 0.785. The number of anilines is 1. The zero-order valence-electron chi connectivity index (χ0n) is 5.41. The fourth-order valence-corrected chi connectivity index (χ4v) is 0.771. The van der Waals surface area contributed by atoms with Crippen LogP contribution in [0.5, 0.6) is 0 Å². The molecule has 0 bridgehead atoms. The molecule has 4 nitrogen and oxygen atoms in total. The van der Waals surface area contributed by atoms with E-state index in [2.05, 4.69) is 27.5 Å². The smallest absolute Gasteiger partial charge is 0.171 e. The average molecular weight is 189 g/mol. The molecule has 1 aromatic heterocycles. The second kappa shape index (κ2) is 3.45. The van der Waals surface area contributed by atoms with Gasteiger partial charge in [0.2, 0.25) is 0 Å². The first kappa shape index (κ1) is 8.16. The summed E-state index contributed by atoms with van der Waals surface area (Å²) >= 11 is 10.2. The van der Waals surface area contributed by atoms with Crippen LogP contribution in [0.25, 0.3) is 0 Å². The molecule has 0 atom stereocenters. The fourth-order valence-electron chi connectivity index (χ4n) is 0.522. The Morgan fingerprint density at radius 3 is 2.73 bits per heavy atom. The predicted molar refractivity (Wildman–Crippen MR) is 47.5 cm³/mol. The number of hydrogen-bond donors (Lipinski definition) is 2. The highest BCUT2D eigenvalue weighted by Gasteiger charge is 2.00. The third-order valence-electron chi connectivity index (χ3n) is 0.895. The van der Waals surface area contributed by atoms with Crippen LogP contribution in [0, 0.1) is 0 Å². The first-order chi connectivity index (χ1) is 5.20. The van der Waals surface area contributed by atoms with Gasteiger partial charge in [0.15, 0.2) is 16.1 Å². The number of nitrogens with zero attached hydrogens (tertiary/aromatic N) is 2. The molecule has 1 aromatic rings. The lowest BCUT2D eigenvalue weighted by Crippen LogP contribution is -2.20. The van der Waals surface area contributed by atoms with Gasteiger partial charge in [0.25, 0.3) is 0 Å². The Morgan fingerprint density at radius 2 is 2.18 bits per heavy atom. The van der Waals surface area contributed by atoms with Crippen molar-refractivity contribution < 1.29 is 0 Å². The standard InChI is InChI=1S/C5H5ClN4S/c6-3-4(10-5(7)11)9-2-1-8-3/h1-2H,(H3,7,9,10,11). The van der Waals surface area contributed by atoms with E-state index in [0.29, 0.717) is 5.82 Å². The highest BCUT2D eigenvalue weighted by Crippen LogP contribution is 2.12. The van der Waals surface area contributed by atoms with Gasteiger partial charge in [0.1, 0.15) is 0 Å². The number of nitrogens with one attached hydrogen (secondary N) is 1. The van der Waals surface area contributed by atoms with E-state index in [0.717, 1.165) is 0 Å². The zero-order chi connectivity index (χ0) is 8.27. The van der Waals surface area contributed by atoms with Gasteiger partial charge in [-0.3, -0.25) is 0 Å². The van der Waals surface area contributed by atoms with E-state index in [-0.39, 0.29) is 10.3 Å². The van der Waals surface area contributed by atoms with Gasteiger partial charge >= 0.3 is 0 Å². The molecule has 0 unspecified atom stereocenters. The Balaban J connectivity index is 2.86. The van der Waals surface area contributed by atoms with Crippen molar-refractivity contribution >= 4 is 34.7 Å². The van der Waals surface area contributed by atoms with E-state index < -0.39 is 0 Å². The van der Waals surface area contributed by atoms with E-state index in [4.69, 9.17) is 17.3 Å². The maximum absolute atomic E-state index is 5.62. The minimum Gasteiger partial charge on any atom is -0.376 e. The second-order valence-electron chi connectivity index (χ2n) is 1.69. The maximum Gasteiger partial charge on any atom is 0.171 e. The fraction of sp³-hybridized carbons (Fsp3) is 0. The molecule has 0 saturated heterocycles. The number of halogens is 1. The average Bonchev–Trinajstić information content (AvgIpc) is 1.93. The van der Waals surface area contributed by atoms with Crippen molar-refractivity contribution in [3.8, 4) is 0 Å². The van der Waals surface area contributed by atoms with Crippen molar-refractivity contribution in [2.45, 2.75) is 0 Å². The lowest BCUT2D eigenvalue weighted by molar-refractivity contribution is 1.20. The summed E-state index contributed by atoms with van der Waals surface area (Å²) < 4.78 is 0. The number of hydrogen-bond acceptors (Lipinski definition) is 3. The number of thiocarbonyl (C=S) groups is 1. The highest BCUT2D eigenvalue weighted by atomic mass is 35.5. The van der Waals surface area contributed by atoms with Crippen molar-refractivity contribution in [3.05, 3.63) is 17.5 Å². The molecule has 0 aliphatic carbocycles. The molecule has 0 radical (unpaired) electrons. The summed E-state index contributed by atoms with van der Waals surface area (Å²) in [6.45, 7) is 0. The van der Waals surface area contributed by atoms with E-state index in [1.807, 2.05) is 0 Å². The van der Waals surface area contributed by atoms with Crippen molar-refractivity contribution in [3.63, 3.8) is 0 Å². The molecule has 1 heterocycles. The van der Waals surface area contributed by atoms with Gasteiger partial charge in [-0.2, -0.15) is 0 Å². The molecule has 1 rings (SSSR count). The summed E-state index contributed by atoms with van der Waals surface area (Å²) in [6, 6.07) is 0. The van der Waals surface area contributed by atoms with Crippen molar-refractivity contribution in [2.75, 3.05) is 5.32 Å². The Bertz CT molecular complexity index is 277. The van der Waals surface area contributed by atoms with Crippen LogP contribution in [0.15, 0.2) is 12.4 Å². The summed E-state index contributed by atoms with van der Waals surface area (Å²) in [7, 11) is 0. The molecular formula is C5H5ClN4S. The third kappa shape index (κ3) is 2.28. The van der Waals surface area contributed by atoms with Crippen LogP contribution in [0.2, 0.25) is 5.15 Å². The molecule has 0 aliphatic heterocycles. The first-order valence-corrected chi connectivity index (χ1v) is 3.51. The van der Waals surface area contributed by atoms with Gasteiger partial charge in [0, 0.05) is 12.4 Å². The lowest BCUT2D eigenvalue weighted by Gasteiger charge is -2.01. The Labute approximate surface area is 73.8 Å². The quantitative estimate of drug-likeness (QED) is 0.638. The van der Waals surface area contributed by atoms with Gasteiger partial charge in [-0.1, -0.05) is 11.6 Å². The Hall–Kier alpha value is -0.940. The van der Waals surface area contributed by atoms with Crippen molar-refractivity contribution in [2.24, 2.45) is 5.73 Å². The molecule has 0 spiro atoms. The van der Waals surface area contributed by atoms with Crippen LogP contribution in [0.1, 0.15) is 0 Å². The van der Waals surface area contributed by atoms with Crippen LogP contribution in [-0.2, 0) is 0 Å². The van der Waals surface area contributed by atoms with E-state index in [1.165, 1.54) is 12.4 Å². The normalized spacial score (nSPS) is 9.18. The lowest BCUT2D eigenvalue weighted by atomic mass is 10.6. The summed E-state index contributed by atoms with van der Waals surface area (Å²) in [4.78, 5) is 7.60. The molecule has 58 valence electrons. The summed E-state index contributed by atoms with van der Waals surface area (Å²) in [5, 5.41) is 2.94. The Kier molecular flexibility index (Phi) is 2.56. The monoisotopic (exact) mass is 188 g/mol.